The number of benzene rings is 2. The summed E-state index contributed by atoms with van der Waals surface area (Å²) in [4.78, 5) is 27.0. The van der Waals surface area contributed by atoms with E-state index in [1.807, 2.05) is 38.1 Å². The molecule has 0 heterocycles. The molecule has 0 saturated carbocycles. The first kappa shape index (κ1) is 24.4. The van der Waals surface area contributed by atoms with E-state index in [9.17, 15) is 14.0 Å². The molecule has 6 heteroatoms. The third-order valence-corrected chi connectivity index (χ3v) is 5.12. The predicted molar refractivity (Wildman–Crippen MR) is 120 cm³/mol. The number of nitrogens with one attached hydrogen (secondary N) is 1. The molecule has 2 rings (SSSR count). The Balaban J connectivity index is 1.98. The zero-order valence-electron chi connectivity index (χ0n) is 18.7. The Morgan fingerprint density at radius 3 is 2.48 bits per heavy atom. The van der Waals surface area contributed by atoms with Crippen LogP contribution in [-0.2, 0) is 16.1 Å². The first-order valence-electron chi connectivity index (χ1n) is 10.9. The lowest BCUT2D eigenvalue weighted by molar-refractivity contribution is -0.140. The van der Waals surface area contributed by atoms with Crippen LogP contribution in [-0.4, -0.2) is 35.9 Å². The molecule has 0 radical (unpaired) electrons. The van der Waals surface area contributed by atoms with E-state index in [1.165, 1.54) is 11.0 Å². The van der Waals surface area contributed by atoms with Crippen molar-refractivity contribution in [3.8, 4) is 5.75 Å². The highest BCUT2D eigenvalue weighted by Gasteiger charge is 2.26. The maximum Gasteiger partial charge on any atom is 0.242 e. The first-order valence-corrected chi connectivity index (χ1v) is 10.9. The maximum absolute atomic E-state index is 14.2. The van der Waals surface area contributed by atoms with Gasteiger partial charge in [-0.2, -0.15) is 0 Å². The fourth-order valence-electron chi connectivity index (χ4n) is 3.12. The number of halogens is 1. The summed E-state index contributed by atoms with van der Waals surface area (Å²) in [5, 5.41) is 2.86. The van der Waals surface area contributed by atoms with Crippen molar-refractivity contribution in [3.05, 3.63) is 65.5 Å². The van der Waals surface area contributed by atoms with Crippen LogP contribution in [0.1, 0.15) is 50.7 Å². The second kappa shape index (κ2) is 12.7. The predicted octanol–water partition coefficient (Wildman–Crippen LogP) is 4.63. The van der Waals surface area contributed by atoms with Gasteiger partial charge < -0.3 is 15.0 Å². The molecule has 1 N–H and O–H groups in total. The first-order chi connectivity index (χ1) is 14.9. The zero-order chi connectivity index (χ0) is 22.6. The monoisotopic (exact) mass is 428 g/mol. The third kappa shape index (κ3) is 8.04. The molecule has 5 nitrogen and oxygen atoms in total. The molecule has 0 aromatic heterocycles. The fourth-order valence-corrected chi connectivity index (χ4v) is 3.12. The summed E-state index contributed by atoms with van der Waals surface area (Å²) >= 11 is 0. The van der Waals surface area contributed by atoms with Crippen LogP contribution >= 0.6 is 0 Å². The molecule has 31 heavy (non-hydrogen) atoms. The summed E-state index contributed by atoms with van der Waals surface area (Å²) in [6.45, 7) is 6.73. The Labute approximate surface area is 184 Å². The van der Waals surface area contributed by atoms with Gasteiger partial charge in [0.1, 0.15) is 17.6 Å². The normalized spacial score (nSPS) is 11.6. The molecular weight excluding hydrogens is 395 g/mol. The second-order valence-corrected chi connectivity index (χ2v) is 7.70. The van der Waals surface area contributed by atoms with Crippen LogP contribution in [0.4, 0.5) is 4.39 Å². The average Bonchev–Trinajstić information content (AvgIpc) is 2.77. The van der Waals surface area contributed by atoms with Crippen molar-refractivity contribution in [3.63, 3.8) is 0 Å². The van der Waals surface area contributed by atoms with Crippen molar-refractivity contribution in [2.45, 2.75) is 59.0 Å². The van der Waals surface area contributed by atoms with E-state index in [4.69, 9.17) is 4.74 Å². The Bertz CT molecular complexity index is 839. The van der Waals surface area contributed by atoms with Crippen LogP contribution in [0, 0.1) is 12.7 Å². The molecule has 0 bridgehead atoms. The molecule has 0 saturated heterocycles. The van der Waals surface area contributed by atoms with Gasteiger partial charge in [-0.1, -0.05) is 49.2 Å². The number of unbranched alkanes of at least 4 members (excludes halogenated alkanes) is 1. The molecule has 2 aromatic carbocycles. The van der Waals surface area contributed by atoms with Gasteiger partial charge in [0.05, 0.1) is 6.61 Å². The van der Waals surface area contributed by atoms with Gasteiger partial charge in [0.2, 0.25) is 11.8 Å². The van der Waals surface area contributed by atoms with Crippen molar-refractivity contribution in [1.29, 1.82) is 0 Å². The van der Waals surface area contributed by atoms with Gasteiger partial charge in [-0.3, -0.25) is 9.59 Å². The number of rotatable bonds is 12. The molecule has 1 atom stereocenters. The van der Waals surface area contributed by atoms with Crippen molar-refractivity contribution in [2.75, 3.05) is 13.2 Å². The molecule has 0 fully saturated rings. The van der Waals surface area contributed by atoms with Gasteiger partial charge in [0.15, 0.2) is 0 Å². The van der Waals surface area contributed by atoms with E-state index in [2.05, 4.69) is 5.32 Å². The Kier molecular flexibility index (Phi) is 10.0. The van der Waals surface area contributed by atoms with Crippen molar-refractivity contribution in [2.24, 2.45) is 0 Å². The fraction of sp³-hybridized carbons (Fsp3) is 0.440. The van der Waals surface area contributed by atoms with E-state index in [1.54, 1.807) is 25.1 Å². The number of aryl methyl sites for hydroxylation is 1. The number of carbonyl (C=O) groups is 2. The summed E-state index contributed by atoms with van der Waals surface area (Å²) in [7, 11) is 0. The minimum Gasteiger partial charge on any atom is -0.494 e. The second-order valence-electron chi connectivity index (χ2n) is 7.70. The van der Waals surface area contributed by atoms with Crippen LogP contribution in [0.3, 0.4) is 0 Å². The van der Waals surface area contributed by atoms with E-state index in [0.717, 1.165) is 24.2 Å². The highest BCUT2D eigenvalue weighted by atomic mass is 19.1. The lowest BCUT2D eigenvalue weighted by Gasteiger charge is -2.29. The van der Waals surface area contributed by atoms with Gasteiger partial charge >= 0.3 is 0 Å². The number of carbonyl (C=O) groups excluding carboxylic acids is 2. The molecular formula is C25H33FN2O3. The minimum atomic E-state index is -0.693. The highest BCUT2D eigenvalue weighted by Crippen LogP contribution is 2.16. The topological polar surface area (TPSA) is 58.6 Å². The quantitative estimate of drug-likeness (QED) is 0.502. The summed E-state index contributed by atoms with van der Waals surface area (Å²) in [5.74, 6) is -0.0607. The molecule has 2 amide bonds. The summed E-state index contributed by atoms with van der Waals surface area (Å²) < 4.78 is 19.9. The maximum atomic E-state index is 14.2. The molecule has 2 aromatic rings. The lowest BCUT2D eigenvalue weighted by Crippen LogP contribution is -2.47. The standard InChI is InChI=1S/C25H33FN2O3/c1-4-5-16-27-25(30)20(3)28(18-21-9-6-7-10-23(21)26)24(29)11-8-17-31-22-14-12-19(2)13-15-22/h6-7,9-10,12-15,20H,4-5,8,11,16-18H2,1-3H3,(H,27,30)/t20-/m1/s1. The van der Waals surface area contributed by atoms with E-state index in [-0.39, 0.29) is 30.6 Å². The molecule has 0 unspecified atom stereocenters. The molecule has 168 valence electrons. The molecule has 0 aliphatic carbocycles. The molecule has 0 aliphatic heterocycles. The largest absolute Gasteiger partial charge is 0.494 e. The zero-order valence-corrected chi connectivity index (χ0v) is 18.7. The van der Waals surface area contributed by atoms with Crippen molar-refractivity contribution >= 4 is 11.8 Å². The Morgan fingerprint density at radius 1 is 1.10 bits per heavy atom. The lowest BCUT2D eigenvalue weighted by atomic mass is 10.1. The minimum absolute atomic E-state index is 0.0483. The van der Waals surface area contributed by atoms with Gasteiger partial charge in [0, 0.05) is 25.1 Å². The van der Waals surface area contributed by atoms with Gasteiger partial charge in [-0.15, -0.1) is 0 Å². The molecule has 0 spiro atoms. The van der Waals surface area contributed by atoms with Crippen molar-refractivity contribution in [1.82, 2.24) is 10.2 Å². The average molecular weight is 429 g/mol. The number of nitrogens with zero attached hydrogens (tertiary/aromatic N) is 1. The van der Waals surface area contributed by atoms with Crippen molar-refractivity contribution < 1.29 is 18.7 Å². The van der Waals surface area contributed by atoms with Crippen LogP contribution in [0.15, 0.2) is 48.5 Å². The highest BCUT2D eigenvalue weighted by molar-refractivity contribution is 5.87. The summed E-state index contributed by atoms with van der Waals surface area (Å²) in [6, 6.07) is 13.4. The van der Waals surface area contributed by atoms with E-state index < -0.39 is 6.04 Å². The molecule has 0 aliphatic rings. The van der Waals surface area contributed by atoms with Gasteiger partial charge in [0.25, 0.3) is 0 Å². The van der Waals surface area contributed by atoms with Crippen LogP contribution in [0.25, 0.3) is 0 Å². The van der Waals surface area contributed by atoms with Gasteiger partial charge in [-0.05, 0) is 44.9 Å². The smallest absolute Gasteiger partial charge is 0.242 e. The summed E-state index contributed by atoms with van der Waals surface area (Å²) in [5.41, 5.74) is 1.54. The third-order valence-electron chi connectivity index (χ3n) is 5.12. The number of ether oxygens (including phenoxy) is 1. The van der Waals surface area contributed by atoms with E-state index >= 15 is 0 Å². The SMILES string of the molecule is CCCCNC(=O)[C@@H](C)N(Cc1ccccc1F)C(=O)CCCOc1ccc(C)cc1. The Morgan fingerprint density at radius 2 is 1.81 bits per heavy atom. The van der Waals surface area contributed by atoms with Gasteiger partial charge in [-0.25, -0.2) is 4.39 Å². The Hall–Kier alpha value is -2.89. The van der Waals surface area contributed by atoms with Crippen LogP contribution < -0.4 is 10.1 Å². The number of amides is 2. The van der Waals surface area contributed by atoms with Crippen LogP contribution in [0.5, 0.6) is 5.75 Å². The van der Waals surface area contributed by atoms with Crippen LogP contribution in [0.2, 0.25) is 0 Å². The number of hydrogen-bond donors (Lipinski definition) is 1. The summed E-state index contributed by atoms with van der Waals surface area (Å²) in [6.07, 6.45) is 2.56. The number of hydrogen-bond acceptors (Lipinski definition) is 3. The van der Waals surface area contributed by atoms with E-state index in [0.29, 0.717) is 25.1 Å².